The lowest BCUT2D eigenvalue weighted by Gasteiger charge is -2.15. The summed E-state index contributed by atoms with van der Waals surface area (Å²) in [6.45, 7) is 10.4. The van der Waals surface area contributed by atoms with Crippen LogP contribution in [0.15, 0.2) is 34.8 Å². The van der Waals surface area contributed by atoms with Crippen LogP contribution in [0.3, 0.4) is 0 Å². The lowest BCUT2D eigenvalue weighted by atomic mass is 9.99. The van der Waals surface area contributed by atoms with Crippen LogP contribution in [-0.2, 0) is 4.79 Å². The van der Waals surface area contributed by atoms with Crippen molar-refractivity contribution in [1.82, 2.24) is 0 Å². The monoisotopic (exact) mass is 403 g/mol. The van der Waals surface area contributed by atoms with Crippen LogP contribution in [0.4, 0.5) is 5.69 Å². The summed E-state index contributed by atoms with van der Waals surface area (Å²) in [7, 11) is 0. The van der Waals surface area contributed by atoms with E-state index in [1.165, 1.54) is 11.1 Å². The van der Waals surface area contributed by atoms with E-state index in [0.29, 0.717) is 11.7 Å². The number of anilines is 1. The van der Waals surface area contributed by atoms with E-state index in [-0.39, 0.29) is 12.5 Å². The Kier molecular flexibility index (Phi) is 6.65. The van der Waals surface area contributed by atoms with Crippen molar-refractivity contribution in [2.45, 2.75) is 47.0 Å². The molecule has 2 aromatic rings. The van der Waals surface area contributed by atoms with Crippen LogP contribution in [0.1, 0.15) is 48.4 Å². The number of hydrogen-bond acceptors (Lipinski definition) is 2. The highest BCUT2D eigenvalue weighted by molar-refractivity contribution is 9.10. The number of carbonyl (C=O) groups excluding carboxylic acids is 1. The first kappa shape index (κ1) is 19.5. The van der Waals surface area contributed by atoms with E-state index in [1.54, 1.807) is 0 Å². The van der Waals surface area contributed by atoms with Gasteiger partial charge >= 0.3 is 0 Å². The standard InChI is InChI=1S/C21H26BrNO2/c1-6-14(3)17-7-8-19(18(22)11-17)25-12-20(24)23-21-15(4)9-13(2)10-16(21)5/h7-11,14H,6,12H2,1-5H3,(H,23,24). The molecule has 2 aromatic carbocycles. The summed E-state index contributed by atoms with van der Waals surface area (Å²) in [4.78, 5) is 12.3. The molecule has 0 bridgehead atoms. The minimum Gasteiger partial charge on any atom is -0.483 e. The summed E-state index contributed by atoms with van der Waals surface area (Å²) in [6.07, 6.45) is 1.09. The van der Waals surface area contributed by atoms with Crippen LogP contribution < -0.4 is 10.1 Å². The fraction of sp³-hybridized carbons (Fsp3) is 0.381. The molecule has 0 aliphatic heterocycles. The predicted molar refractivity (Wildman–Crippen MR) is 108 cm³/mol. The number of carbonyl (C=O) groups is 1. The molecule has 0 aromatic heterocycles. The number of aryl methyl sites for hydroxylation is 3. The van der Waals surface area contributed by atoms with Crippen molar-refractivity contribution in [2.75, 3.05) is 11.9 Å². The van der Waals surface area contributed by atoms with Crippen LogP contribution in [0.2, 0.25) is 0 Å². The summed E-state index contributed by atoms with van der Waals surface area (Å²) < 4.78 is 6.56. The zero-order chi connectivity index (χ0) is 18.6. The topological polar surface area (TPSA) is 38.3 Å². The lowest BCUT2D eigenvalue weighted by molar-refractivity contribution is -0.118. The van der Waals surface area contributed by atoms with Crippen LogP contribution in [0, 0.1) is 20.8 Å². The summed E-state index contributed by atoms with van der Waals surface area (Å²) in [5.41, 5.74) is 5.44. The van der Waals surface area contributed by atoms with Gasteiger partial charge in [0.15, 0.2) is 6.61 Å². The largest absolute Gasteiger partial charge is 0.483 e. The Bertz CT molecular complexity index is 747. The highest BCUT2D eigenvalue weighted by Crippen LogP contribution is 2.30. The molecule has 3 nitrogen and oxygen atoms in total. The molecule has 0 spiro atoms. The van der Waals surface area contributed by atoms with Gasteiger partial charge in [-0.1, -0.05) is 37.6 Å². The number of ether oxygens (including phenoxy) is 1. The second-order valence-corrected chi connectivity index (χ2v) is 7.46. The minimum atomic E-state index is -0.159. The molecular weight excluding hydrogens is 378 g/mol. The van der Waals surface area contributed by atoms with Gasteiger partial charge in [-0.2, -0.15) is 0 Å². The fourth-order valence-corrected chi connectivity index (χ4v) is 3.38. The zero-order valence-electron chi connectivity index (χ0n) is 15.6. The second-order valence-electron chi connectivity index (χ2n) is 6.61. The molecule has 0 heterocycles. The Morgan fingerprint density at radius 3 is 2.36 bits per heavy atom. The Morgan fingerprint density at radius 2 is 1.80 bits per heavy atom. The van der Waals surface area contributed by atoms with E-state index in [9.17, 15) is 4.79 Å². The maximum absolute atomic E-state index is 12.3. The predicted octanol–water partition coefficient (Wildman–Crippen LogP) is 5.91. The number of hydrogen-bond donors (Lipinski definition) is 1. The Hall–Kier alpha value is -1.81. The van der Waals surface area contributed by atoms with Crippen molar-refractivity contribution < 1.29 is 9.53 Å². The molecule has 1 atom stereocenters. The first-order valence-electron chi connectivity index (χ1n) is 8.61. The quantitative estimate of drug-likeness (QED) is 0.651. The van der Waals surface area contributed by atoms with Gasteiger partial charge in [-0.25, -0.2) is 0 Å². The summed E-state index contributed by atoms with van der Waals surface area (Å²) in [5, 5.41) is 2.95. The number of benzene rings is 2. The van der Waals surface area contributed by atoms with Crippen LogP contribution >= 0.6 is 15.9 Å². The number of nitrogens with one attached hydrogen (secondary N) is 1. The first-order valence-corrected chi connectivity index (χ1v) is 9.41. The molecule has 0 fully saturated rings. The molecule has 0 saturated heterocycles. The second kappa shape index (κ2) is 8.52. The third-order valence-electron chi connectivity index (χ3n) is 4.44. The molecule has 2 rings (SSSR count). The highest BCUT2D eigenvalue weighted by Gasteiger charge is 2.11. The lowest BCUT2D eigenvalue weighted by Crippen LogP contribution is -2.21. The Balaban J connectivity index is 2.01. The fourth-order valence-electron chi connectivity index (χ4n) is 2.87. The minimum absolute atomic E-state index is 0.0198. The SMILES string of the molecule is CCC(C)c1ccc(OCC(=O)Nc2c(C)cc(C)cc2C)c(Br)c1. The summed E-state index contributed by atoms with van der Waals surface area (Å²) >= 11 is 3.54. The normalized spacial score (nSPS) is 11.9. The smallest absolute Gasteiger partial charge is 0.262 e. The molecule has 4 heteroatoms. The average molecular weight is 404 g/mol. The van der Waals surface area contributed by atoms with Crippen molar-refractivity contribution in [3.63, 3.8) is 0 Å². The van der Waals surface area contributed by atoms with Crippen molar-refractivity contribution in [3.05, 3.63) is 57.1 Å². The third kappa shape index (κ3) is 5.08. The van der Waals surface area contributed by atoms with Gasteiger partial charge < -0.3 is 10.1 Å². The van der Waals surface area contributed by atoms with Crippen LogP contribution in [-0.4, -0.2) is 12.5 Å². The van der Waals surface area contributed by atoms with Gasteiger partial charge in [0.25, 0.3) is 5.91 Å². The molecule has 1 N–H and O–H groups in total. The number of halogens is 1. The van der Waals surface area contributed by atoms with Gasteiger partial charge in [-0.15, -0.1) is 0 Å². The van der Waals surface area contributed by atoms with Gasteiger partial charge in [0.05, 0.1) is 4.47 Å². The molecule has 134 valence electrons. The van der Waals surface area contributed by atoms with E-state index in [0.717, 1.165) is 27.7 Å². The number of rotatable bonds is 6. The van der Waals surface area contributed by atoms with E-state index < -0.39 is 0 Å². The van der Waals surface area contributed by atoms with Crippen molar-refractivity contribution in [3.8, 4) is 5.75 Å². The van der Waals surface area contributed by atoms with E-state index >= 15 is 0 Å². The highest BCUT2D eigenvalue weighted by atomic mass is 79.9. The maximum Gasteiger partial charge on any atom is 0.262 e. The average Bonchev–Trinajstić information content (AvgIpc) is 2.56. The molecule has 0 saturated carbocycles. The van der Waals surface area contributed by atoms with E-state index in [2.05, 4.69) is 66.3 Å². The van der Waals surface area contributed by atoms with Gasteiger partial charge in [0.2, 0.25) is 0 Å². The van der Waals surface area contributed by atoms with Crippen molar-refractivity contribution >= 4 is 27.5 Å². The molecule has 0 aliphatic carbocycles. The molecule has 0 radical (unpaired) electrons. The molecule has 25 heavy (non-hydrogen) atoms. The van der Waals surface area contributed by atoms with E-state index in [4.69, 9.17) is 4.74 Å². The van der Waals surface area contributed by atoms with Gasteiger partial charge in [0.1, 0.15) is 5.75 Å². The number of amides is 1. The van der Waals surface area contributed by atoms with E-state index in [1.807, 2.05) is 19.9 Å². The van der Waals surface area contributed by atoms with Gasteiger partial charge in [-0.05, 0) is 77.9 Å². The van der Waals surface area contributed by atoms with Crippen molar-refractivity contribution in [2.24, 2.45) is 0 Å². The zero-order valence-corrected chi connectivity index (χ0v) is 17.2. The van der Waals surface area contributed by atoms with Gasteiger partial charge in [-0.3, -0.25) is 4.79 Å². The molecule has 1 amide bonds. The van der Waals surface area contributed by atoms with Crippen molar-refractivity contribution in [1.29, 1.82) is 0 Å². The van der Waals surface area contributed by atoms with Gasteiger partial charge in [0, 0.05) is 5.69 Å². The maximum atomic E-state index is 12.3. The summed E-state index contributed by atoms with van der Waals surface area (Å²) in [6, 6.07) is 10.2. The molecule has 1 unspecified atom stereocenters. The molecule has 0 aliphatic rings. The van der Waals surface area contributed by atoms with Crippen LogP contribution in [0.25, 0.3) is 0 Å². The summed E-state index contributed by atoms with van der Waals surface area (Å²) in [5.74, 6) is 1.02. The van der Waals surface area contributed by atoms with Crippen LogP contribution in [0.5, 0.6) is 5.75 Å². The Labute approximate surface area is 158 Å². The molecular formula is C21H26BrNO2. The third-order valence-corrected chi connectivity index (χ3v) is 5.06. The Morgan fingerprint density at radius 1 is 1.16 bits per heavy atom. The first-order chi connectivity index (χ1) is 11.8.